The molecule has 0 radical (unpaired) electrons. The Morgan fingerprint density at radius 1 is 1.09 bits per heavy atom. The topological polar surface area (TPSA) is 55.6 Å². The smallest absolute Gasteiger partial charge is 0.416 e. The second-order valence-electron chi connectivity index (χ2n) is 7.97. The zero-order valence-electron chi connectivity index (χ0n) is 17.8. The van der Waals surface area contributed by atoms with Gasteiger partial charge in [-0.15, -0.1) is 0 Å². The summed E-state index contributed by atoms with van der Waals surface area (Å²) in [6.07, 6.45) is -2.59. The monoisotopic (exact) mass is 444 g/mol. The molecule has 32 heavy (non-hydrogen) atoms. The lowest BCUT2D eigenvalue weighted by molar-refractivity contribution is -0.137. The Morgan fingerprint density at radius 3 is 2.28 bits per heavy atom. The van der Waals surface area contributed by atoms with Crippen molar-refractivity contribution in [3.63, 3.8) is 0 Å². The second kappa shape index (κ2) is 8.68. The highest BCUT2D eigenvalue weighted by Gasteiger charge is 2.34. The van der Waals surface area contributed by atoms with Gasteiger partial charge in [0.25, 0.3) is 5.91 Å². The highest BCUT2D eigenvalue weighted by atomic mass is 19.4. The fraction of sp³-hybridized carbons (Fsp3) is 0.333. The molecular formula is C24H23F3N2O3. The van der Waals surface area contributed by atoms with Crippen LogP contribution in [0.25, 0.3) is 0 Å². The Kier molecular flexibility index (Phi) is 5.95. The van der Waals surface area contributed by atoms with Crippen LogP contribution in [-0.4, -0.2) is 22.0 Å². The van der Waals surface area contributed by atoms with Gasteiger partial charge in [-0.3, -0.25) is 4.79 Å². The maximum absolute atomic E-state index is 13.1. The fourth-order valence-electron chi connectivity index (χ4n) is 3.47. The van der Waals surface area contributed by atoms with E-state index in [2.05, 4.69) is 5.16 Å². The number of carbonyl (C=O) groups excluding carboxylic acids is 1. The van der Waals surface area contributed by atoms with Gasteiger partial charge in [0.2, 0.25) is 0 Å². The zero-order valence-corrected chi connectivity index (χ0v) is 17.8. The van der Waals surface area contributed by atoms with Crippen molar-refractivity contribution in [3.8, 4) is 5.75 Å². The van der Waals surface area contributed by atoms with Gasteiger partial charge in [-0.2, -0.15) is 13.2 Å². The molecule has 1 aromatic heterocycles. The van der Waals surface area contributed by atoms with Crippen LogP contribution in [0, 0.1) is 13.8 Å². The Hall–Kier alpha value is -3.29. The zero-order chi connectivity index (χ0) is 22.9. The Bertz CT molecular complexity index is 1070. The minimum Gasteiger partial charge on any atom is -0.489 e. The van der Waals surface area contributed by atoms with Crippen molar-refractivity contribution in [2.75, 3.05) is 0 Å². The molecule has 0 spiro atoms. The van der Waals surface area contributed by atoms with Crippen LogP contribution in [0.4, 0.5) is 13.2 Å². The number of ether oxygens (including phenoxy) is 1. The summed E-state index contributed by atoms with van der Waals surface area (Å²) in [4.78, 5) is 14.8. The fourth-order valence-corrected chi connectivity index (χ4v) is 3.47. The van der Waals surface area contributed by atoms with Crippen LogP contribution >= 0.6 is 0 Å². The normalized spacial score (nSPS) is 13.8. The number of nitrogens with zero attached hydrogens (tertiary/aromatic N) is 2. The van der Waals surface area contributed by atoms with Crippen LogP contribution in [0.5, 0.6) is 5.75 Å². The van der Waals surface area contributed by atoms with E-state index in [-0.39, 0.29) is 18.5 Å². The largest absolute Gasteiger partial charge is 0.489 e. The van der Waals surface area contributed by atoms with Crippen molar-refractivity contribution in [3.05, 3.63) is 82.2 Å². The summed E-state index contributed by atoms with van der Waals surface area (Å²) >= 11 is 0. The van der Waals surface area contributed by atoms with Gasteiger partial charge < -0.3 is 14.2 Å². The number of aromatic nitrogens is 1. The summed E-state index contributed by atoms with van der Waals surface area (Å²) in [6, 6.07) is 11.9. The molecule has 1 fully saturated rings. The molecule has 0 aliphatic heterocycles. The van der Waals surface area contributed by atoms with Gasteiger partial charge >= 0.3 is 6.18 Å². The summed E-state index contributed by atoms with van der Waals surface area (Å²) in [5.41, 5.74) is 2.14. The van der Waals surface area contributed by atoms with Gasteiger partial charge in [-0.25, -0.2) is 0 Å². The van der Waals surface area contributed by atoms with E-state index < -0.39 is 11.7 Å². The van der Waals surface area contributed by atoms with E-state index in [0.29, 0.717) is 29.2 Å². The highest BCUT2D eigenvalue weighted by Crippen LogP contribution is 2.32. The molecule has 8 heteroatoms. The van der Waals surface area contributed by atoms with Crippen molar-refractivity contribution in [1.29, 1.82) is 0 Å². The van der Waals surface area contributed by atoms with E-state index in [1.54, 1.807) is 29.2 Å². The first-order valence-electron chi connectivity index (χ1n) is 10.3. The first kappa shape index (κ1) is 21.9. The molecular weight excluding hydrogens is 421 g/mol. The van der Waals surface area contributed by atoms with Gasteiger partial charge in [0, 0.05) is 18.2 Å². The number of rotatable bonds is 7. The summed E-state index contributed by atoms with van der Waals surface area (Å²) < 4.78 is 49.3. The minimum absolute atomic E-state index is 0.111. The molecule has 0 N–H and O–H groups in total. The molecule has 4 rings (SSSR count). The molecule has 3 aromatic rings. The average Bonchev–Trinajstić information content (AvgIpc) is 3.56. The maximum atomic E-state index is 13.1. The molecule has 2 aromatic carbocycles. The standard InChI is InChI=1S/C24H23F3N2O3/c1-15-22(16(2)32-28-15)14-31-21-11-5-18(6-12-21)23(30)29(20-9-10-20)13-17-3-7-19(8-4-17)24(25,26)27/h3-8,11-12,20H,9-10,13-14H2,1-2H3. The molecule has 0 atom stereocenters. The van der Waals surface area contributed by atoms with Crippen molar-refractivity contribution in [2.45, 2.75) is 52.1 Å². The van der Waals surface area contributed by atoms with E-state index in [9.17, 15) is 18.0 Å². The second-order valence-corrected chi connectivity index (χ2v) is 7.97. The number of carbonyl (C=O) groups is 1. The molecule has 0 unspecified atom stereocenters. The summed E-state index contributed by atoms with van der Waals surface area (Å²) in [6.45, 7) is 4.26. The van der Waals surface area contributed by atoms with Crippen LogP contribution in [0.1, 0.15) is 51.3 Å². The molecule has 1 heterocycles. The first-order valence-corrected chi connectivity index (χ1v) is 10.3. The highest BCUT2D eigenvalue weighted by molar-refractivity contribution is 5.94. The molecule has 0 saturated heterocycles. The van der Waals surface area contributed by atoms with Crippen molar-refractivity contribution in [2.24, 2.45) is 0 Å². The number of hydrogen-bond donors (Lipinski definition) is 0. The third-order valence-corrected chi connectivity index (χ3v) is 5.55. The van der Waals surface area contributed by atoms with Crippen LogP contribution in [0.2, 0.25) is 0 Å². The lowest BCUT2D eigenvalue weighted by Gasteiger charge is -2.23. The molecule has 0 bridgehead atoms. The number of aryl methyl sites for hydroxylation is 2. The van der Waals surface area contributed by atoms with E-state index >= 15 is 0 Å². The molecule has 168 valence electrons. The van der Waals surface area contributed by atoms with Gasteiger partial charge in [0.1, 0.15) is 18.1 Å². The molecule has 1 amide bonds. The van der Waals surface area contributed by atoms with Crippen LogP contribution in [0.15, 0.2) is 53.1 Å². The Balaban J connectivity index is 1.42. The lowest BCUT2D eigenvalue weighted by Crippen LogP contribution is -2.32. The van der Waals surface area contributed by atoms with Crippen LogP contribution < -0.4 is 4.74 Å². The number of amides is 1. The predicted octanol–water partition coefficient (Wildman–Crippen LogP) is 5.69. The molecule has 1 saturated carbocycles. The molecule has 1 aliphatic carbocycles. The Labute approximate surface area is 183 Å². The van der Waals surface area contributed by atoms with Crippen LogP contribution in [0.3, 0.4) is 0 Å². The van der Waals surface area contributed by atoms with E-state index in [1.807, 2.05) is 13.8 Å². The number of hydrogen-bond acceptors (Lipinski definition) is 4. The summed E-state index contributed by atoms with van der Waals surface area (Å²) in [7, 11) is 0. The van der Waals surface area contributed by atoms with Gasteiger partial charge in [-0.05, 0) is 68.7 Å². The lowest BCUT2D eigenvalue weighted by atomic mass is 10.1. The van der Waals surface area contributed by atoms with Gasteiger partial charge in [-0.1, -0.05) is 17.3 Å². The van der Waals surface area contributed by atoms with Crippen molar-refractivity contribution in [1.82, 2.24) is 10.1 Å². The number of halogens is 3. The maximum Gasteiger partial charge on any atom is 0.416 e. The predicted molar refractivity (Wildman–Crippen MR) is 111 cm³/mol. The average molecular weight is 444 g/mol. The number of benzene rings is 2. The van der Waals surface area contributed by atoms with Crippen LogP contribution in [-0.2, 0) is 19.3 Å². The summed E-state index contributed by atoms with van der Waals surface area (Å²) in [5, 5.41) is 3.90. The Morgan fingerprint density at radius 2 is 1.75 bits per heavy atom. The third-order valence-electron chi connectivity index (χ3n) is 5.55. The minimum atomic E-state index is -4.38. The SMILES string of the molecule is Cc1noc(C)c1COc1ccc(C(=O)N(Cc2ccc(C(F)(F)F)cc2)C2CC2)cc1. The van der Waals surface area contributed by atoms with Crippen molar-refractivity contribution >= 4 is 5.91 Å². The third kappa shape index (κ3) is 4.95. The summed E-state index contributed by atoms with van der Waals surface area (Å²) in [5.74, 6) is 1.17. The van der Waals surface area contributed by atoms with Gasteiger partial charge in [0.05, 0.1) is 16.8 Å². The van der Waals surface area contributed by atoms with E-state index in [1.165, 1.54) is 12.1 Å². The first-order chi connectivity index (χ1) is 15.2. The molecule has 1 aliphatic rings. The van der Waals surface area contributed by atoms with Gasteiger partial charge in [0.15, 0.2) is 0 Å². The quantitative estimate of drug-likeness (QED) is 0.470. The van der Waals surface area contributed by atoms with E-state index in [0.717, 1.165) is 36.2 Å². The number of alkyl halides is 3. The molecule has 5 nitrogen and oxygen atoms in total. The van der Waals surface area contributed by atoms with Crippen molar-refractivity contribution < 1.29 is 27.2 Å². The van der Waals surface area contributed by atoms with E-state index in [4.69, 9.17) is 9.26 Å².